The maximum atomic E-state index is 4.41. The molecule has 1 rings (SSSR count). The number of rotatable bonds is 5. The van der Waals surface area contributed by atoms with Gasteiger partial charge in [-0.05, 0) is 44.0 Å². The van der Waals surface area contributed by atoms with Crippen LogP contribution in [0.15, 0.2) is 4.47 Å². The Labute approximate surface area is 106 Å². The molecule has 0 bridgehead atoms. The van der Waals surface area contributed by atoms with E-state index in [1.54, 1.807) is 0 Å². The number of likely N-dealkylation sites (N-methyl/N-ethyl adjacent to an activating group) is 2. The highest BCUT2D eigenvalue weighted by Crippen LogP contribution is 2.21. The van der Waals surface area contributed by atoms with Crippen LogP contribution in [0.3, 0.4) is 0 Å². The molecule has 0 amide bonds. The van der Waals surface area contributed by atoms with Gasteiger partial charge in [0.2, 0.25) is 0 Å². The predicted molar refractivity (Wildman–Crippen MR) is 70.8 cm³/mol. The Balaban J connectivity index is 2.77. The van der Waals surface area contributed by atoms with Crippen molar-refractivity contribution in [1.29, 1.82) is 0 Å². The first-order chi connectivity index (χ1) is 7.45. The highest BCUT2D eigenvalue weighted by Gasteiger charge is 2.15. The van der Waals surface area contributed by atoms with E-state index in [9.17, 15) is 0 Å². The van der Waals surface area contributed by atoms with Crippen LogP contribution in [0.5, 0.6) is 0 Å². The number of aryl methyl sites for hydroxylation is 2. The lowest BCUT2D eigenvalue weighted by Crippen LogP contribution is -2.38. The molecular weight excluding hydrogens is 268 g/mol. The molecule has 1 aromatic rings. The Hall–Kier alpha value is -0.390. The first kappa shape index (κ1) is 13.7. The molecule has 0 aliphatic rings. The van der Waals surface area contributed by atoms with Crippen LogP contribution < -0.4 is 5.32 Å². The smallest absolute Gasteiger partial charge is 0.0738 e. The van der Waals surface area contributed by atoms with Crippen molar-refractivity contribution in [3.63, 3.8) is 0 Å². The van der Waals surface area contributed by atoms with Gasteiger partial charge in [0.15, 0.2) is 0 Å². The van der Waals surface area contributed by atoms with Gasteiger partial charge >= 0.3 is 0 Å². The van der Waals surface area contributed by atoms with Gasteiger partial charge in [-0.2, -0.15) is 5.10 Å². The van der Waals surface area contributed by atoms with Crippen molar-refractivity contribution in [2.45, 2.75) is 19.4 Å². The summed E-state index contributed by atoms with van der Waals surface area (Å²) in [6.45, 7) is 3.04. The van der Waals surface area contributed by atoms with E-state index in [1.807, 2.05) is 25.7 Å². The Morgan fingerprint density at radius 3 is 2.50 bits per heavy atom. The molecule has 1 heterocycles. The minimum Gasteiger partial charge on any atom is -0.315 e. The van der Waals surface area contributed by atoms with E-state index in [0.29, 0.717) is 6.04 Å². The molecule has 0 saturated carbocycles. The first-order valence-electron chi connectivity index (χ1n) is 5.45. The molecule has 16 heavy (non-hydrogen) atoms. The largest absolute Gasteiger partial charge is 0.315 e. The number of nitrogens with one attached hydrogen (secondary N) is 1. The van der Waals surface area contributed by atoms with Crippen LogP contribution in [0.25, 0.3) is 0 Å². The zero-order valence-corrected chi connectivity index (χ0v) is 12.3. The van der Waals surface area contributed by atoms with Crippen molar-refractivity contribution in [3.05, 3.63) is 15.9 Å². The minimum absolute atomic E-state index is 0.445. The molecule has 0 saturated heterocycles. The molecule has 0 aliphatic carbocycles. The Morgan fingerprint density at radius 2 is 2.12 bits per heavy atom. The van der Waals surface area contributed by atoms with E-state index in [-0.39, 0.29) is 0 Å². The van der Waals surface area contributed by atoms with E-state index in [1.165, 1.54) is 5.69 Å². The summed E-state index contributed by atoms with van der Waals surface area (Å²) >= 11 is 3.60. The fourth-order valence-corrected chi connectivity index (χ4v) is 2.33. The van der Waals surface area contributed by atoms with E-state index in [4.69, 9.17) is 0 Å². The third-order valence-corrected chi connectivity index (χ3v) is 3.73. The maximum absolute atomic E-state index is 4.41. The number of halogens is 1. The van der Waals surface area contributed by atoms with Gasteiger partial charge in [0.05, 0.1) is 15.9 Å². The second-order valence-electron chi connectivity index (χ2n) is 4.42. The van der Waals surface area contributed by atoms with Crippen LogP contribution in [-0.2, 0) is 13.5 Å². The predicted octanol–water partition coefficient (Wildman–Crippen LogP) is 1.18. The fraction of sp³-hybridized carbons (Fsp3) is 0.727. The number of hydrogen-bond donors (Lipinski definition) is 1. The lowest BCUT2D eigenvalue weighted by molar-refractivity contribution is 0.343. The van der Waals surface area contributed by atoms with Crippen molar-refractivity contribution in [1.82, 2.24) is 20.0 Å². The summed E-state index contributed by atoms with van der Waals surface area (Å²) in [6, 6.07) is 0.445. The SMILES string of the molecule is CNC(Cc1c(Br)c(C)nn1C)CN(C)C. The third-order valence-electron chi connectivity index (χ3n) is 2.70. The van der Waals surface area contributed by atoms with Crippen LogP contribution in [0, 0.1) is 6.92 Å². The molecule has 1 atom stereocenters. The van der Waals surface area contributed by atoms with Crippen molar-refractivity contribution < 1.29 is 0 Å². The fourth-order valence-electron chi connectivity index (χ4n) is 1.83. The molecule has 0 radical (unpaired) electrons. The van der Waals surface area contributed by atoms with E-state index >= 15 is 0 Å². The Morgan fingerprint density at radius 1 is 1.50 bits per heavy atom. The number of aromatic nitrogens is 2. The van der Waals surface area contributed by atoms with Gasteiger partial charge < -0.3 is 10.2 Å². The van der Waals surface area contributed by atoms with Gasteiger partial charge in [-0.1, -0.05) is 0 Å². The quantitative estimate of drug-likeness (QED) is 0.884. The number of nitrogens with zero attached hydrogens (tertiary/aromatic N) is 3. The normalized spacial score (nSPS) is 13.4. The Kier molecular flexibility index (Phi) is 4.95. The zero-order valence-electron chi connectivity index (χ0n) is 10.7. The molecule has 4 nitrogen and oxygen atoms in total. The van der Waals surface area contributed by atoms with E-state index in [0.717, 1.165) is 23.1 Å². The van der Waals surface area contributed by atoms with Gasteiger partial charge in [0.1, 0.15) is 0 Å². The lowest BCUT2D eigenvalue weighted by atomic mass is 10.1. The summed E-state index contributed by atoms with van der Waals surface area (Å²) in [4.78, 5) is 2.19. The summed E-state index contributed by atoms with van der Waals surface area (Å²) in [7, 11) is 8.18. The average Bonchev–Trinajstić information content (AvgIpc) is 2.43. The van der Waals surface area contributed by atoms with Crippen LogP contribution in [0.1, 0.15) is 11.4 Å². The highest BCUT2D eigenvalue weighted by molar-refractivity contribution is 9.10. The highest BCUT2D eigenvalue weighted by atomic mass is 79.9. The minimum atomic E-state index is 0.445. The van der Waals surface area contributed by atoms with E-state index in [2.05, 4.69) is 45.3 Å². The van der Waals surface area contributed by atoms with Crippen molar-refractivity contribution in [2.24, 2.45) is 7.05 Å². The second kappa shape index (κ2) is 5.80. The molecule has 0 fully saturated rings. The summed E-state index contributed by atoms with van der Waals surface area (Å²) in [5.74, 6) is 0. The van der Waals surface area contributed by atoms with Crippen LogP contribution in [0.2, 0.25) is 0 Å². The molecule has 5 heteroatoms. The van der Waals surface area contributed by atoms with Crippen LogP contribution in [-0.4, -0.2) is 48.4 Å². The standard InChI is InChI=1S/C11H21BrN4/c1-8-11(12)10(16(5)14-8)6-9(13-2)7-15(3)4/h9,13H,6-7H2,1-5H3. The summed E-state index contributed by atoms with van der Waals surface area (Å²) in [6.07, 6.45) is 0.979. The van der Waals surface area contributed by atoms with Gasteiger partial charge in [0, 0.05) is 26.1 Å². The second-order valence-corrected chi connectivity index (χ2v) is 5.21. The Bertz CT molecular complexity index is 346. The van der Waals surface area contributed by atoms with E-state index < -0.39 is 0 Å². The monoisotopic (exact) mass is 288 g/mol. The molecule has 1 aromatic heterocycles. The van der Waals surface area contributed by atoms with Gasteiger partial charge in [-0.3, -0.25) is 4.68 Å². The molecule has 0 spiro atoms. The lowest BCUT2D eigenvalue weighted by Gasteiger charge is -2.20. The third kappa shape index (κ3) is 3.30. The number of hydrogen-bond acceptors (Lipinski definition) is 3. The molecule has 0 aliphatic heterocycles. The van der Waals surface area contributed by atoms with Crippen LogP contribution >= 0.6 is 15.9 Å². The van der Waals surface area contributed by atoms with Gasteiger partial charge in [0.25, 0.3) is 0 Å². The molecule has 1 N–H and O–H groups in total. The van der Waals surface area contributed by atoms with Gasteiger partial charge in [-0.25, -0.2) is 0 Å². The molecule has 92 valence electrons. The summed E-state index contributed by atoms with van der Waals surface area (Å²) < 4.78 is 3.09. The summed E-state index contributed by atoms with van der Waals surface area (Å²) in [5.41, 5.74) is 2.30. The van der Waals surface area contributed by atoms with Crippen molar-refractivity contribution >= 4 is 15.9 Å². The van der Waals surface area contributed by atoms with Crippen molar-refractivity contribution in [2.75, 3.05) is 27.7 Å². The molecule has 0 aromatic carbocycles. The maximum Gasteiger partial charge on any atom is 0.0738 e. The zero-order chi connectivity index (χ0) is 12.3. The topological polar surface area (TPSA) is 33.1 Å². The molecular formula is C11H21BrN4. The molecule has 1 unspecified atom stereocenters. The first-order valence-corrected chi connectivity index (χ1v) is 6.25. The summed E-state index contributed by atoms with van der Waals surface area (Å²) in [5, 5.41) is 7.75. The average molecular weight is 289 g/mol. The van der Waals surface area contributed by atoms with Gasteiger partial charge in [-0.15, -0.1) is 0 Å². The van der Waals surface area contributed by atoms with Crippen molar-refractivity contribution in [3.8, 4) is 0 Å². The van der Waals surface area contributed by atoms with Crippen LogP contribution in [0.4, 0.5) is 0 Å².